The largest absolute Gasteiger partial charge is 0.497 e. The molecule has 0 radical (unpaired) electrons. The number of rotatable bonds is 5. The Kier molecular flexibility index (Phi) is 5.56. The lowest BCUT2D eigenvalue weighted by Gasteiger charge is -2.32. The van der Waals surface area contributed by atoms with Gasteiger partial charge in [0.25, 0.3) is 0 Å². The van der Waals surface area contributed by atoms with Crippen molar-refractivity contribution in [2.24, 2.45) is 0 Å². The lowest BCUT2D eigenvalue weighted by molar-refractivity contribution is -0.138. The zero-order valence-electron chi connectivity index (χ0n) is 17.8. The van der Waals surface area contributed by atoms with Crippen molar-refractivity contribution in [2.45, 2.75) is 12.5 Å². The summed E-state index contributed by atoms with van der Waals surface area (Å²) in [6.45, 7) is 1.49. The topological polar surface area (TPSA) is 80.3 Å². The van der Waals surface area contributed by atoms with Crippen LogP contribution in [0.15, 0.2) is 67.1 Å². The number of hydrogen-bond acceptors (Lipinski definition) is 5. The van der Waals surface area contributed by atoms with Gasteiger partial charge in [-0.05, 0) is 23.8 Å². The molecule has 1 aliphatic heterocycles. The lowest BCUT2D eigenvalue weighted by Crippen LogP contribution is -2.43. The van der Waals surface area contributed by atoms with Crippen LogP contribution in [-0.4, -0.2) is 52.6 Å². The summed E-state index contributed by atoms with van der Waals surface area (Å²) in [5.74, 6) is 0.845. The maximum atomic E-state index is 13.1. The highest BCUT2D eigenvalue weighted by Crippen LogP contribution is 2.26. The summed E-state index contributed by atoms with van der Waals surface area (Å²) in [7, 11) is 1.64. The van der Waals surface area contributed by atoms with Gasteiger partial charge in [-0.2, -0.15) is 0 Å². The van der Waals surface area contributed by atoms with E-state index in [9.17, 15) is 4.79 Å². The molecule has 1 N–H and O–H groups in total. The highest BCUT2D eigenvalue weighted by Gasteiger charge is 2.27. The van der Waals surface area contributed by atoms with Gasteiger partial charge < -0.3 is 19.4 Å². The lowest BCUT2D eigenvalue weighted by atomic mass is 10.1. The van der Waals surface area contributed by atoms with Gasteiger partial charge in [0.05, 0.1) is 50.5 Å². The molecule has 4 aromatic rings. The molecule has 2 aromatic carbocycles. The Balaban J connectivity index is 1.32. The number of amides is 1. The van der Waals surface area contributed by atoms with Gasteiger partial charge in [-0.3, -0.25) is 9.78 Å². The quantitative estimate of drug-likeness (QED) is 0.523. The smallest absolute Gasteiger partial charge is 0.227 e. The Bertz CT molecular complexity index is 1250. The average molecular weight is 428 g/mol. The van der Waals surface area contributed by atoms with Crippen molar-refractivity contribution >= 4 is 16.8 Å². The minimum atomic E-state index is -0.311. The Hall–Kier alpha value is -3.71. The molecule has 7 nitrogen and oxygen atoms in total. The number of carbonyl (C=O) groups is 1. The SMILES string of the molecule is COc1cccc(-c2cncc([C@H]3CN(C(=O)Cc4c[nH]c5ccccc45)CCO3)n2)c1. The Morgan fingerprint density at radius 1 is 1.22 bits per heavy atom. The van der Waals surface area contributed by atoms with E-state index in [1.807, 2.05) is 59.6 Å². The Labute approximate surface area is 186 Å². The number of carbonyl (C=O) groups excluding carboxylic acids is 1. The molecule has 0 saturated carbocycles. The summed E-state index contributed by atoms with van der Waals surface area (Å²) in [6, 6.07) is 15.7. The predicted molar refractivity (Wildman–Crippen MR) is 121 cm³/mol. The number of ether oxygens (including phenoxy) is 2. The van der Waals surface area contributed by atoms with Crippen LogP contribution in [0.2, 0.25) is 0 Å². The number of H-pyrrole nitrogens is 1. The molecule has 0 bridgehead atoms. The van der Waals surface area contributed by atoms with Gasteiger partial charge in [0, 0.05) is 29.2 Å². The summed E-state index contributed by atoms with van der Waals surface area (Å²) < 4.78 is 11.3. The molecule has 0 aliphatic carbocycles. The third-order valence-electron chi connectivity index (χ3n) is 5.78. The standard InChI is InChI=1S/C25H24N4O3/c1-31-19-6-4-5-17(11-19)22-14-26-15-23(28-22)24-16-29(9-10-32-24)25(30)12-18-13-27-21-8-3-2-7-20(18)21/h2-8,11,13-15,24,27H,9-10,12,16H2,1H3/t24-/m1/s1. The number of aromatic amines is 1. The molecule has 1 atom stereocenters. The van der Waals surface area contributed by atoms with E-state index in [0.717, 1.165) is 39.2 Å². The Morgan fingerprint density at radius 3 is 3.03 bits per heavy atom. The van der Waals surface area contributed by atoms with Crippen molar-refractivity contribution in [3.05, 3.63) is 78.4 Å². The van der Waals surface area contributed by atoms with Gasteiger partial charge in [-0.1, -0.05) is 30.3 Å². The van der Waals surface area contributed by atoms with Gasteiger partial charge >= 0.3 is 0 Å². The van der Waals surface area contributed by atoms with Gasteiger partial charge in [0.2, 0.25) is 5.91 Å². The van der Waals surface area contributed by atoms with Crippen LogP contribution in [0.1, 0.15) is 17.4 Å². The van der Waals surface area contributed by atoms with Crippen molar-refractivity contribution in [3.8, 4) is 17.0 Å². The molecule has 0 unspecified atom stereocenters. The molecular weight excluding hydrogens is 404 g/mol. The minimum absolute atomic E-state index is 0.0833. The molecular formula is C25H24N4O3. The van der Waals surface area contributed by atoms with Crippen LogP contribution in [0.5, 0.6) is 5.75 Å². The third-order valence-corrected chi connectivity index (χ3v) is 5.78. The zero-order chi connectivity index (χ0) is 21.9. The van der Waals surface area contributed by atoms with E-state index in [2.05, 4.69) is 9.97 Å². The number of aromatic nitrogens is 3. The first kappa shape index (κ1) is 20.2. The van der Waals surface area contributed by atoms with Crippen molar-refractivity contribution in [3.63, 3.8) is 0 Å². The summed E-state index contributed by atoms with van der Waals surface area (Å²) in [6.07, 6.45) is 5.40. The maximum Gasteiger partial charge on any atom is 0.227 e. The van der Waals surface area contributed by atoms with Crippen LogP contribution in [0.4, 0.5) is 0 Å². The van der Waals surface area contributed by atoms with Crippen LogP contribution in [-0.2, 0) is 16.0 Å². The summed E-state index contributed by atoms with van der Waals surface area (Å²) in [5, 5.41) is 1.09. The van der Waals surface area contributed by atoms with Crippen molar-refractivity contribution in [2.75, 3.05) is 26.8 Å². The minimum Gasteiger partial charge on any atom is -0.497 e. The fraction of sp³-hybridized carbons (Fsp3) is 0.240. The van der Waals surface area contributed by atoms with Crippen LogP contribution in [0, 0.1) is 0 Å². The van der Waals surface area contributed by atoms with E-state index < -0.39 is 0 Å². The molecule has 1 amide bonds. The first-order valence-corrected chi connectivity index (χ1v) is 10.6. The molecule has 1 aliphatic rings. The predicted octanol–water partition coefficient (Wildman–Crippen LogP) is 3.78. The molecule has 1 saturated heterocycles. The second-order valence-electron chi connectivity index (χ2n) is 7.80. The van der Waals surface area contributed by atoms with E-state index in [1.54, 1.807) is 19.5 Å². The van der Waals surface area contributed by atoms with Gasteiger partial charge in [0.15, 0.2) is 0 Å². The average Bonchev–Trinajstić information content (AvgIpc) is 3.27. The van der Waals surface area contributed by atoms with Crippen LogP contribution < -0.4 is 4.74 Å². The third kappa shape index (κ3) is 4.07. The van der Waals surface area contributed by atoms with Crippen LogP contribution >= 0.6 is 0 Å². The number of hydrogen-bond donors (Lipinski definition) is 1. The van der Waals surface area contributed by atoms with Crippen LogP contribution in [0.3, 0.4) is 0 Å². The molecule has 2 aromatic heterocycles. The van der Waals surface area contributed by atoms with Crippen molar-refractivity contribution < 1.29 is 14.3 Å². The molecule has 32 heavy (non-hydrogen) atoms. The number of methoxy groups -OCH3 is 1. The van der Waals surface area contributed by atoms with Crippen molar-refractivity contribution in [1.82, 2.24) is 19.9 Å². The molecule has 7 heteroatoms. The highest BCUT2D eigenvalue weighted by atomic mass is 16.5. The van der Waals surface area contributed by atoms with Crippen LogP contribution in [0.25, 0.3) is 22.2 Å². The fourth-order valence-corrected chi connectivity index (χ4v) is 4.07. The number of benzene rings is 2. The van der Waals surface area contributed by atoms with E-state index in [0.29, 0.717) is 26.1 Å². The second-order valence-corrected chi connectivity index (χ2v) is 7.80. The number of fused-ring (bicyclic) bond motifs is 1. The summed E-state index contributed by atoms with van der Waals surface area (Å²) >= 11 is 0. The second kappa shape index (κ2) is 8.80. The Morgan fingerprint density at radius 2 is 2.12 bits per heavy atom. The number of nitrogens with one attached hydrogen (secondary N) is 1. The molecule has 0 spiro atoms. The molecule has 3 heterocycles. The maximum absolute atomic E-state index is 13.1. The summed E-state index contributed by atoms with van der Waals surface area (Å²) in [4.78, 5) is 27.3. The first-order chi connectivity index (χ1) is 15.7. The van der Waals surface area contributed by atoms with E-state index >= 15 is 0 Å². The number of morpholine rings is 1. The molecule has 5 rings (SSSR count). The number of para-hydroxylation sites is 1. The van der Waals surface area contributed by atoms with Crippen molar-refractivity contribution in [1.29, 1.82) is 0 Å². The normalized spacial score (nSPS) is 16.3. The van der Waals surface area contributed by atoms with Gasteiger partial charge in [-0.25, -0.2) is 4.98 Å². The zero-order valence-corrected chi connectivity index (χ0v) is 17.8. The first-order valence-electron chi connectivity index (χ1n) is 10.6. The highest BCUT2D eigenvalue weighted by molar-refractivity contribution is 5.88. The number of nitrogens with zero attached hydrogens (tertiary/aromatic N) is 3. The fourth-order valence-electron chi connectivity index (χ4n) is 4.07. The van der Waals surface area contributed by atoms with Gasteiger partial charge in [0.1, 0.15) is 11.9 Å². The molecule has 1 fully saturated rings. The summed E-state index contributed by atoms with van der Waals surface area (Å²) in [5.41, 5.74) is 4.43. The van der Waals surface area contributed by atoms with E-state index in [4.69, 9.17) is 14.5 Å². The van der Waals surface area contributed by atoms with Gasteiger partial charge in [-0.15, -0.1) is 0 Å². The monoisotopic (exact) mass is 428 g/mol. The molecule has 162 valence electrons. The van der Waals surface area contributed by atoms with E-state index in [-0.39, 0.29) is 12.0 Å². The van der Waals surface area contributed by atoms with E-state index in [1.165, 1.54) is 0 Å².